The number of nitrogens with zero attached hydrogens (tertiary/aromatic N) is 2. The maximum absolute atomic E-state index is 13.0. The minimum atomic E-state index is -4.51. The third-order valence-electron chi connectivity index (χ3n) is 4.44. The second-order valence-corrected chi connectivity index (χ2v) is 7.31. The highest BCUT2D eigenvalue weighted by atomic mass is 32.2. The number of amidine groups is 1. The van der Waals surface area contributed by atoms with Gasteiger partial charge in [0.05, 0.1) is 29.3 Å². The molecule has 3 rings (SSSR count). The Kier molecular flexibility index (Phi) is 6.06. The van der Waals surface area contributed by atoms with Crippen LogP contribution in [0.15, 0.2) is 64.3 Å². The second kappa shape index (κ2) is 8.39. The zero-order valence-corrected chi connectivity index (χ0v) is 16.6. The fourth-order valence-corrected chi connectivity index (χ4v) is 4.13. The van der Waals surface area contributed by atoms with Crippen LogP contribution in [0.25, 0.3) is 0 Å². The van der Waals surface area contributed by atoms with E-state index in [9.17, 15) is 27.9 Å². The van der Waals surface area contributed by atoms with Crippen LogP contribution in [0.1, 0.15) is 30.5 Å². The Morgan fingerprint density at radius 1 is 1.33 bits per heavy atom. The van der Waals surface area contributed by atoms with E-state index in [-0.39, 0.29) is 18.6 Å². The number of alkyl halides is 3. The van der Waals surface area contributed by atoms with Crippen molar-refractivity contribution in [1.82, 2.24) is 4.90 Å². The third kappa shape index (κ3) is 4.28. The number of aliphatic imine (C=N–C) groups is 1. The summed E-state index contributed by atoms with van der Waals surface area (Å²) < 4.78 is 44.1. The number of thioether (sulfide) groups is 1. The number of ether oxygens (including phenoxy) is 1. The summed E-state index contributed by atoms with van der Waals surface area (Å²) in [6.45, 7) is 5.03. The molecule has 2 aliphatic rings. The highest BCUT2D eigenvalue weighted by Crippen LogP contribution is 2.45. The van der Waals surface area contributed by atoms with E-state index in [4.69, 9.17) is 4.74 Å². The normalized spacial score (nSPS) is 18.5. The molecule has 2 aliphatic heterocycles. The predicted octanol–water partition coefficient (Wildman–Crippen LogP) is 4.48. The lowest BCUT2D eigenvalue weighted by Gasteiger charge is -2.36. The quantitative estimate of drug-likeness (QED) is 0.521. The molecule has 1 unspecified atom stereocenters. The van der Waals surface area contributed by atoms with Crippen molar-refractivity contribution in [1.29, 1.82) is 0 Å². The Morgan fingerprint density at radius 2 is 2.00 bits per heavy atom. The predicted molar refractivity (Wildman–Crippen MR) is 105 cm³/mol. The van der Waals surface area contributed by atoms with Crippen LogP contribution < -0.4 is 0 Å². The Labute approximate surface area is 174 Å². The van der Waals surface area contributed by atoms with Crippen LogP contribution in [-0.2, 0) is 20.5 Å². The van der Waals surface area contributed by atoms with Crippen molar-refractivity contribution in [2.24, 2.45) is 4.99 Å². The summed E-state index contributed by atoms with van der Waals surface area (Å²) in [5, 5.41) is 11.3. The van der Waals surface area contributed by atoms with E-state index < -0.39 is 29.7 Å². The summed E-state index contributed by atoms with van der Waals surface area (Å²) in [5.41, 5.74) is 0.387. The van der Waals surface area contributed by atoms with E-state index in [0.717, 1.165) is 12.1 Å². The van der Waals surface area contributed by atoms with E-state index in [1.165, 1.54) is 30.0 Å². The number of allylic oxidation sites excluding steroid dienone is 1. The molecule has 0 aliphatic carbocycles. The largest absolute Gasteiger partial charge is 0.481 e. The molecular formula is C20H17F3N2O4S. The molecule has 10 heteroatoms. The van der Waals surface area contributed by atoms with Crippen LogP contribution in [0.2, 0.25) is 0 Å². The molecule has 0 amide bonds. The highest BCUT2D eigenvalue weighted by Gasteiger charge is 2.41. The summed E-state index contributed by atoms with van der Waals surface area (Å²) in [7, 11) is 0. The van der Waals surface area contributed by atoms with Crippen molar-refractivity contribution >= 4 is 28.9 Å². The number of carbonyl (C=O) groups is 2. The molecule has 2 heterocycles. The van der Waals surface area contributed by atoms with E-state index in [1.807, 2.05) is 0 Å². The van der Waals surface area contributed by atoms with Crippen molar-refractivity contribution in [2.75, 3.05) is 6.61 Å². The molecule has 0 radical (unpaired) electrons. The van der Waals surface area contributed by atoms with Gasteiger partial charge in [0, 0.05) is 5.70 Å². The van der Waals surface area contributed by atoms with Gasteiger partial charge >= 0.3 is 18.1 Å². The lowest BCUT2D eigenvalue weighted by molar-refractivity contribution is -0.139. The van der Waals surface area contributed by atoms with Gasteiger partial charge in [-0.05, 0) is 30.0 Å². The van der Waals surface area contributed by atoms with E-state index in [1.54, 1.807) is 17.2 Å². The van der Waals surface area contributed by atoms with Crippen molar-refractivity contribution < 1.29 is 32.6 Å². The number of fused-ring (bicyclic) bond motifs is 1. The number of rotatable bonds is 6. The first-order chi connectivity index (χ1) is 14.1. The van der Waals surface area contributed by atoms with E-state index >= 15 is 0 Å². The molecule has 0 spiro atoms. The Hall–Kier alpha value is -3.01. The minimum absolute atomic E-state index is 0.0571. The molecule has 1 N–H and O–H groups in total. The monoisotopic (exact) mass is 438 g/mol. The molecular weight excluding hydrogens is 421 g/mol. The summed E-state index contributed by atoms with van der Waals surface area (Å²) in [6, 6.07) is 3.51. The fourth-order valence-electron chi connectivity index (χ4n) is 3.17. The number of aliphatic carboxylic acids is 1. The van der Waals surface area contributed by atoms with Crippen LogP contribution in [0.3, 0.4) is 0 Å². The van der Waals surface area contributed by atoms with Gasteiger partial charge in [-0.2, -0.15) is 13.2 Å². The van der Waals surface area contributed by atoms with Crippen molar-refractivity contribution in [3.05, 3.63) is 70.4 Å². The molecule has 0 saturated carbocycles. The van der Waals surface area contributed by atoms with Crippen LogP contribution in [0.4, 0.5) is 13.2 Å². The maximum Gasteiger partial charge on any atom is 0.416 e. The molecule has 0 fully saturated rings. The highest BCUT2D eigenvalue weighted by molar-refractivity contribution is 8.16. The van der Waals surface area contributed by atoms with Gasteiger partial charge < -0.3 is 14.7 Å². The van der Waals surface area contributed by atoms with Crippen molar-refractivity contribution in [3.8, 4) is 0 Å². The zero-order chi connectivity index (χ0) is 22.1. The molecule has 1 atom stereocenters. The number of carboxylic acids is 1. The molecule has 1 aromatic carbocycles. The summed E-state index contributed by atoms with van der Waals surface area (Å²) >= 11 is 1.19. The first kappa shape index (κ1) is 21.7. The lowest BCUT2D eigenvalue weighted by Crippen LogP contribution is -2.37. The Balaban J connectivity index is 2.09. The lowest BCUT2D eigenvalue weighted by atomic mass is 9.93. The van der Waals surface area contributed by atoms with Crippen LogP contribution in [-0.4, -0.2) is 33.7 Å². The molecule has 0 bridgehead atoms. The van der Waals surface area contributed by atoms with Crippen molar-refractivity contribution in [2.45, 2.75) is 25.6 Å². The molecule has 0 saturated heterocycles. The number of halogens is 3. The number of hydrogen-bond acceptors (Lipinski definition) is 6. The van der Waals surface area contributed by atoms with Gasteiger partial charge in [0.15, 0.2) is 5.17 Å². The zero-order valence-electron chi connectivity index (χ0n) is 15.8. The third-order valence-corrected chi connectivity index (χ3v) is 5.33. The Morgan fingerprint density at radius 3 is 2.57 bits per heavy atom. The fraction of sp³-hybridized carbons (Fsp3) is 0.250. The van der Waals surface area contributed by atoms with Crippen LogP contribution >= 0.6 is 11.8 Å². The first-order valence-corrected chi connectivity index (χ1v) is 9.62. The van der Waals surface area contributed by atoms with Gasteiger partial charge in [0.1, 0.15) is 6.61 Å². The standard InChI is InChI=1S/C20H17F3N2O4S/c1-3-8-29-18(28)16-11(2)24-19-25(14(10-30-19)9-15(26)27)17(16)12-4-6-13(7-5-12)20(21,22)23/h3-7,10,17H,1,8-9H2,2H3,(H,26,27). The van der Waals surface area contributed by atoms with Gasteiger partial charge in [0.25, 0.3) is 0 Å². The van der Waals surface area contributed by atoms with Gasteiger partial charge in [-0.1, -0.05) is 36.5 Å². The number of benzene rings is 1. The molecule has 1 aromatic rings. The summed E-state index contributed by atoms with van der Waals surface area (Å²) in [4.78, 5) is 30.0. The minimum Gasteiger partial charge on any atom is -0.481 e. The number of carbonyl (C=O) groups excluding carboxylic acids is 1. The topological polar surface area (TPSA) is 79.2 Å². The average molecular weight is 438 g/mol. The van der Waals surface area contributed by atoms with Crippen LogP contribution in [0.5, 0.6) is 0 Å². The average Bonchev–Trinajstić information content (AvgIpc) is 3.05. The van der Waals surface area contributed by atoms with Gasteiger partial charge in [-0.3, -0.25) is 4.79 Å². The molecule has 0 aromatic heterocycles. The molecule has 30 heavy (non-hydrogen) atoms. The first-order valence-electron chi connectivity index (χ1n) is 8.75. The molecule has 6 nitrogen and oxygen atoms in total. The smallest absolute Gasteiger partial charge is 0.416 e. The van der Waals surface area contributed by atoms with Gasteiger partial charge in [0.2, 0.25) is 0 Å². The van der Waals surface area contributed by atoms with E-state index in [2.05, 4.69) is 11.6 Å². The Bertz CT molecular complexity index is 981. The molecule has 158 valence electrons. The maximum atomic E-state index is 13.0. The SMILES string of the molecule is C=CCOC(=O)C1=C(C)N=C2SC=C(CC(=O)O)N2C1c1ccc(C(F)(F)F)cc1. The van der Waals surface area contributed by atoms with Crippen LogP contribution in [0, 0.1) is 0 Å². The van der Waals surface area contributed by atoms with E-state index in [0.29, 0.717) is 22.1 Å². The van der Waals surface area contributed by atoms with Gasteiger partial charge in [-0.15, -0.1) is 0 Å². The second-order valence-electron chi connectivity index (χ2n) is 6.47. The number of hydrogen-bond donors (Lipinski definition) is 1. The summed E-state index contributed by atoms with van der Waals surface area (Å²) in [6.07, 6.45) is -3.45. The van der Waals surface area contributed by atoms with Crippen molar-refractivity contribution in [3.63, 3.8) is 0 Å². The number of esters is 1. The summed E-state index contributed by atoms with van der Waals surface area (Å²) in [5.74, 6) is -1.79. The number of carboxylic acid groups (broad SMARTS) is 1. The van der Waals surface area contributed by atoms with Gasteiger partial charge in [-0.25, -0.2) is 9.79 Å².